The molecule has 1 aromatic heterocycles. The van der Waals surface area contributed by atoms with Gasteiger partial charge >= 0.3 is 12.0 Å². The molecule has 11 heteroatoms. The van der Waals surface area contributed by atoms with E-state index in [1.165, 1.54) is 11.8 Å². The number of fused-ring (bicyclic) bond motifs is 1. The predicted molar refractivity (Wildman–Crippen MR) is 123 cm³/mol. The fourth-order valence-electron chi connectivity index (χ4n) is 3.38. The van der Waals surface area contributed by atoms with Gasteiger partial charge in [0.15, 0.2) is 5.16 Å². The van der Waals surface area contributed by atoms with Crippen LogP contribution in [-0.2, 0) is 20.8 Å². The van der Waals surface area contributed by atoms with Crippen LogP contribution in [0.25, 0.3) is 10.9 Å². The lowest BCUT2D eigenvalue weighted by molar-refractivity contribution is -0.138. The van der Waals surface area contributed by atoms with E-state index >= 15 is 0 Å². The van der Waals surface area contributed by atoms with Crippen LogP contribution in [0.2, 0.25) is 5.02 Å². The first-order valence-electron chi connectivity index (χ1n) is 10.1. The van der Waals surface area contributed by atoms with E-state index in [1.54, 1.807) is 43.7 Å². The van der Waals surface area contributed by atoms with Gasteiger partial charge < -0.3 is 20.1 Å². The standard InChI is InChI=1S/C21H25ClN4O5S/c1-4-31-19(28)17-12(2)23-20(29)24-16(17)11-32-21-25-15-10-13(22)6-7-14(15)18(27)26(21)8-5-9-30-3/h6-7,10,12H,4-5,8-9,11H2,1-3H3,(H2,23,24,29). The number of amides is 2. The number of halogens is 1. The van der Waals surface area contributed by atoms with Gasteiger partial charge in [-0.2, -0.15) is 0 Å². The molecule has 2 amide bonds. The van der Waals surface area contributed by atoms with Crippen molar-refractivity contribution < 1.29 is 19.1 Å². The van der Waals surface area contributed by atoms with Crippen LogP contribution in [-0.4, -0.2) is 53.7 Å². The molecule has 1 unspecified atom stereocenters. The molecule has 172 valence electrons. The minimum absolute atomic E-state index is 0.187. The molecule has 2 heterocycles. The molecule has 32 heavy (non-hydrogen) atoms. The summed E-state index contributed by atoms with van der Waals surface area (Å²) in [6.45, 7) is 4.55. The average molecular weight is 481 g/mol. The predicted octanol–water partition coefficient (Wildman–Crippen LogP) is 2.70. The average Bonchev–Trinajstić information content (AvgIpc) is 2.73. The number of esters is 1. The maximum atomic E-state index is 13.1. The molecule has 0 fully saturated rings. The molecule has 0 saturated carbocycles. The number of carbonyl (C=O) groups is 2. The molecule has 0 spiro atoms. The third-order valence-corrected chi connectivity index (χ3v) is 6.06. The number of urea groups is 1. The Balaban J connectivity index is 1.99. The van der Waals surface area contributed by atoms with Gasteiger partial charge in [-0.3, -0.25) is 9.36 Å². The van der Waals surface area contributed by atoms with E-state index in [9.17, 15) is 14.4 Å². The number of nitrogens with one attached hydrogen (secondary N) is 2. The van der Waals surface area contributed by atoms with Crippen LogP contribution >= 0.6 is 23.4 Å². The Hall–Kier alpha value is -2.56. The van der Waals surface area contributed by atoms with Crippen molar-refractivity contribution in [3.63, 3.8) is 0 Å². The van der Waals surface area contributed by atoms with Crippen molar-refractivity contribution in [1.82, 2.24) is 20.2 Å². The summed E-state index contributed by atoms with van der Waals surface area (Å²) in [5.41, 5.74) is 1.06. The van der Waals surface area contributed by atoms with E-state index in [2.05, 4.69) is 15.6 Å². The fraction of sp³-hybridized carbons (Fsp3) is 0.429. The van der Waals surface area contributed by atoms with Crippen LogP contribution in [0.1, 0.15) is 20.3 Å². The Kier molecular flexibility index (Phi) is 8.16. The number of carbonyl (C=O) groups excluding carboxylic acids is 2. The van der Waals surface area contributed by atoms with Crippen LogP contribution in [0.5, 0.6) is 0 Å². The van der Waals surface area contributed by atoms with E-state index in [0.29, 0.717) is 51.9 Å². The smallest absolute Gasteiger partial charge is 0.337 e. The fourth-order valence-corrected chi connectivity index (χ4v) is 4.54. The highest BCUT2D eigenvalue weighted by Crippen LogP contribution is 2.25. The van der Waals surface area contributed by atoms with Crippen molar-refractivity contribution in [2.24, 2.45) is 0 Å². The van der Waals surface area contributed by atoms with Gasteiger partial charge in [0.05, 0.1) is 29.1 Å². The van der Waals surface area contributed by atoms with Crippen LogP contribution in [0.4, 0.5) is 4.79 Å². The Morgan fingerprint density at radius 1 is 1.34 bits per heavy atom. The first kappa shape index (κ1) is 24.1. The summed E-state index contributed by atoms with van der Waals surface area (Å²) in [5.74, 6) is -0.284. The topological polar surface area (TPSA) is 112 Å². The summed E-state index contributed by atoms with van der Waals surface area (Å²) in [5, 5.41) is 6.75. The zero-order chi connectivity index (χ0) is 23.3. The summed E-state index contributed by atoms with van der Waals surface area (Å²) >= 11 is 7.34. The molecule has 0 bridgehead atoms. The second kappa shape index (κ2) is 10.8. The Morgan fingerprint density at radius 2 is 2.12 bits per heavy atom. The van der Waals surface area contributed by atoms with Crippen LogP contribution in [0.15, 0.2) is 39.4 Å². The lowest BCUT2D eigenvalue weighted by Crippen LogP contribution is -2.49. The van der Waals surface area contributed by atoms with Crippen molar-refractivity contribution in [3.05, 3.63) is 44.8 Å². The van der Waals surface area contributed by atoms with Crippen molar-refractivity contribution in [2.75, 3.05) is 26.1 Å². The van der Waals surface area contributed by atoms with E-state index in [1.807, 2.05) is 0 Å². The number of hydrogen-bond acceptors (Lipinski definition) is 7. The normalized spacial score (nSPS) is 16.1. The zero-order valence-corrected chi connectivity index (χ0v) is 19.6. The number of benzene rings is 1. The molecular weight excluding hydrogens is 456 g/mol. The Labute approximate surface area is 194 Å². The van der Waals surface area contributed by atoms with Gasteiger partial charge in [-0.25, -0.2) is 14.6 Å². The highest BCUT2D eigenvalue weighted by molar-refractivity contribution is 7.99. The van der Waals surface area contributed by atoms with Crippen LogP contribution in [0, 0.1) is 0 Å². The molecule has 3 rings (SSSR count). The second-order valence-electron chi connectivity index (χ2n) is 7.08. The molecule has 0 aliphatic carbocycles. The van der Waals surface area contributed by atoms with Gasteiger partial charge in [0.2, 0.25) is 0 Å². The van der Waals surface area contributed by atoms with Gasteiger partial charge in [0.25, 0.3) is 5.56 Å². The third kappa shape index (κ3) is 5.43. The van der Waals surface area contributed by atoms with Gasteiger partial charge in [-0.05, 0) is 38.5 Å². The number of aromatic nitrogens is 2. The van der Waals surface area contributed by atoms with Crippen molar-refractivity contribution in [2.45, 2.75) is 38.0 Å². The van der Waals surface area contributed by atoms with Crippen LogP contribution in [0.3, 0.4) is 0 Å². The first-order valence-corrected chi connectivity index (χ1v) is 11.5. The van der Waals surface area contributed by atoms with Crippen molar-refractivity contribution in [1.29, 1.82) is 0 Å². The van der Waals surface area contributed by atoms with Crippen molar-refractivity contribution in [3.8, 4) is 0 Å². The van der Waals surface area contributed by atoms with Gasteiger partial charge in [-0.15, -0.1) is 0 Å². The molecule has 9 nitrogen and oxygen atoms in total. The minimum atomic E-state index is -0.509. The van der Waals surface area contributed by atoms with Gasteiger partial charge in [0.1, 0.15) is 0 Å². The second-order valence-corrected chi connectivity index (χ2v) is 8.46. The summed E-state index contributed by atoms with van der Waals surface area (Å²) in [6, 6.07) is 4.04. The highest BCUT2D eigenvalue weighted by atomic mass is 35.5. The number of hydrogen-bond donors (Lipinski definition) is 2. The molecule has 2 N–H and O–H groups in total. The first-order chi connectivity index (χ1) is 15.3. The van der Waals surface area contributed by atoms with E-state index < -0.39 is 18.0 Å². The largest absolute Gasteiger partial charge is 0.463 e. The minimum Gasteiger partial charge on any atom is -0.463 e. The van der Waals surface area contributed by atoms with E-state index in [-0.39, 0.29) is 17.9 Å². The molecule has 1 aliphatic heterocycles. The van der Waals surface area contributed by atoms with E-state index in [4.69, 9.17) is 21.1 Å². The molecule has 0 radical (unpaired) electrons. The quantitative estimate of drug-likeness (QED) is 0.245. The summed E-state index contributed by atoms with van der Waals surface area (Å²) < 4.78 is 11.8. The number of thioether (sulfide) groups is 1. The maximum Gasteiger partial charge on any atom is 0.337 e. The number of ether oxygens (including phenoxy) is 2. The molecule has 1 atom stereocenters. The molecule has 0 saturated heterocycles. The molecule has 1 aromatic carbocycles. The maximum absolute atomic E-state index is 13.1. The summed E-state index contributed by atoms with van der Waals surface area (Å²) in [6.07, 6.45) is 0.624. The summed E-state index contributed by atoms with van der Waals surface area (Å²) in [4.78, 5) is 42.2. The molecule has 2 aromatic rings. The molecule has 1 aliphatic rings. The lowest BCUT2D eigenvalue weighted by Gasteiger charge is -2.26. The third-order valence-electron chi connectivity index (χ3n) is 4.82. The SMILES string of the molecule is CCOC(=O)C1=C(CSc2nc3cc(Cl)ccc3c(=O)n2CCCOC)NC(=O)NC1C. The van der Waals surface area contributed by atoms with E-state index in [0.717, 1.165) is 0 Å². The number of nitrogens with zero attached hydrogens (tertiary/aromatic N) is 2. The lowest BCUT2D eigenvalue weighted by atomic mass is 10.1. The number of methoxy groups -OCH3 is 1. The highest BCUT2D eigenvalue weighted by Gasteiger charge is 2.30. The zero-order valence-electron chi connectivity index (χ0n) is 18.1. The Bertz CT molecular complexity index is 1120. The Morgan fingerprint density at radius 3 is 2.84 bits per heavy atom. The van der Waals surface area contributed by atoms with Crippen LogP contribution < -0.4 is 16.2 Å². The monoisotopic (exact) mass is 480 g/mol. The molecular formula is C21H25ClN4O5S. The van der Waals surface area contributed by atoms with Gasteiger partial charge in [0, 0.05) is 36.7 Å². The summed E-state index contributed by atoms with van der Waals surface area (Å²) in [7, 11) is 1.60. The number of rotatable bonds is 9. The van der Waals surface area contributed by atoms with Crippen molar-refractivity contribution >= 4 is 46.3 Å². The van der Waals surface area contributed by atoms with Gasteiger partial charge in [-0.1, -0.05) is 23.4 Å².